The van der Waals surface area contributed by atoms with E-state index in [-0.39, 0.29) is 0 Å². The molecule has 0 spiro atoms. The Morgan fingerprint density at radius 1 is 0.233 bits per heavy atom. The highest BCUT2D eigenvalue weighted by Crippen LogP contribution is 2.42. The highest BCUT2D eigenvalue weighted by atomic mass is 16.5. The van der Waals surface area contributed by atoms with Crippen LogP contribution in [0.3, 0.4) is 0 Å². The second kappa shape index (κ2) is 17.0. The van der Waals surface area contributed by atoms with Gasteiger partial charge < -0.3 is 62.8 Å². The minimum absolute atomic E-state index is 0.413. The summed E-state index contributed by atoms with van der Waals surface area (Å²) in [6.45, 7) is 0. The average Bonchev–Trinajstić information content (AvgIpc) is 3.17. The number of hydrogen-bond donors (Lipinski definition) is 6. The number of benzene rings is 6. The van der Waals surface area contributed by atoms with Crippen LogP contribution >= 0.6 is 0 Å². The van der Waals surface area contributed by atoms with Crippen molar-refractivity contribution in [3.05, 3.63) is 140 Å². The smallest absolute Gasteiger partial charge is 0.126 e. The Balaban J connectivity index is 1.49. The summed E-state index contributed by atoms with van der Waals surface area (Å²) in [5.74, 6) is 4.08. The number of nitrogens with two attached hydrogens (primary N) is 6. The van der Waals surface area contributed by atoms with Gasteiger partial charge in [-0.15, -0.1) is 0 Å². The molecule has 7 rings (SSSR count). The number of ether oxygens (including phenoxy) is 6. The largest absolute Gasteiger partial charge is 0.496 e. The maximum atomic E-state index is 6.63. The summed E-state index contributed by atoms with van der Waals surface area (Å²) in [6, 6.07) is 23.0. The monoisotopic (exact) mass is 810 g/mol. The molecule has 0 heterocycles. The average molecular weight is 811 g/mol. The Morgan fingerprint density at radius 2 is 0.333 bits per heavy atom. The predicted molar refractivity (Wildman–Crippen MR) is 241 cm³/mol. The van der Waals surface area contributed by atoms with Gasteiger partial charge in [0, 0.05) is 139 Å². The Kier molecular flexibility index (Phi) is 11.7. The van der Waals surface area contributed by atoms with Gasteiger partial charge in [0.1, 0.15) is 34.5 Å². The molecule has 0 amide bonds. The lowest BCUT2D eigenvalue weighted by Crippen LogP contribution is -2.08. The molecule has 0 aliphatic heterocycles. The third kappa shape index (κ3) is 8.13. The Bertz CT molecular complexity index is 2010. The normalized spacial score (nSPS) is 12.5. The highest BCUT2D eigenvalue weighted by molar-refractivity contribution is 5.66. The molecular weight excluding hydrogens is 757 g/mol. The molecule has 6 aromatic rings. The fraction of sp³-hybridized carbons (Fsp3) is 0.250. The molecule has 0 saturated carbocycles. The topological polar surface area (TPSA) is 212 Å². The Labute approximate surface area is 351 Å². The number of rotatable bonds is 6. The number of nitrogen functional groups attached to an aromatic ring is 6. The molecular formula is C48H54N6O6. The number of methoxy groups -OCH3 is 6. The first-order valence-corrected chi connectivity index (χ1v) is 19.6. The maximum absolute atomic E-state index is 6.63. The Hall–Kier alpha value is -7.08. The SMILES string of the molecule is COc1c2cc(N)cc1Cc1cc(N)cc(c1OC)Cc1cc(N)cc(c1OC)Cc1cc(N)cc(c1OC)Cc1cc(N)cc(c1OC)Cc1cc(N)cc(c1OC)C2. The van der Waals surface area contributed by atoms with E-state index in [0.29, 0.717) is 107 Å². The van der Waals surface area contributed by atoms with Gasteiger partial charge >= 0.3 is 0 Å². The van der Waals surface area contributed by atoms with Crippen LogP contribution in [0.1, 0.15) is 66.8 Å². The van der Waals surface area contributed by atoms with Crippen LogP contribution in [0.4, 0.5) is 34.1 Å². The van der Waals surface area contributed by atoms with E-state index in [0.717, 1.165) is 66.8 Å². The van der Waals surface area contributed by atoms with E-state index in [4.69, 9.17) is 62.8 Å². The van der Waals surface area contributed by atoms with Crippen LogP contribution in [-0.4, -0.2) is 42.7 Å². The van der Waals surface area contributed by atoms with Gasteiger partial charge in [-0.1, -0.05) is 0 Å². The Morgan fingerprint density at radius 3 is 0.417 bits per heavy atom. The molecule has 1 aliphatic rings. The lowest BCUT2D eigenvalue weighted by Gasteiger charge is -2.22. The quantitative estimate of drug-likeness (QED) is 0.0930. The fourth-order valence-electron chi connectivity index (χ4n) is 9.07. The summed E-state index contributed by atoms with van der Waals surface area (Å²) < 4.78 is 36.9. The van der Waals surface area contributed by atoms with Gasteiger partial charge in [-0.05, 0) is 72.8 Å². The van der Waals surface area contributed by atoms with Crippen molar-refractivity contribution in [2.75, 3.05) is 77.1 Å². The van der Waals surface area contributed by atoms with Gasteiger partial charge in [-0.3, -0.25) is 0 Å². The molecule has 12 heteroatoms. The van der Waals surface area contributed by atoms with Crippen molar-refractivity contribution in [3.8, 4) is 34.5 Å². The molecule has 0 aromatic heterocycles. The van der Waals surface area contributed by atoms with Gasteiger partial charge in [-0.2, -0.15) is 0 Å². The van der Waals surface area contributed by atoms with Gasteiger partial charge in [0.25, 0.3) is 0 Å². The molecule has 60 heavy (non-hydrogen) atoms. The molecule has 0 saturated heterocycles. The molecule has 0 fully saturated rings. The third-order valence-electron chi connectivity index (χ3n) is 11.1. The molecule has 6 aromatic carbocycles. The van der Waals surface area contributed by atoms with E-state index < -0.39 is 0 Å². The van der Waals surface area contributed by atoms with E-state index in [9.17, 15) is 0 Å². The lowest BCUT2D eigenvalue weighted by molar-refractivity contribution is 0.396. The summed E-state index contributed by atoms with van der Waals surface area (Å²) in [5.41, 5.74) is 53.5. The van der Waals surface area contributed by atoms with E-state index in [1.165, 1.54) is 0 Å². The number of fused-ring (bicyclic) bond motifs is 12. The molecule has 12 nitrogen and oxygen atoms in total. The first kappa shape index (κ1) is 41.1. The van der Waals surface area contributed by atoms with Gasteiger partial charge in [0.2, 0.25) is 0 Å². The zero-order chi connectivity index (χ0) is 42.8. The summed E-state index contributed by atoms with van der Waals surface area (Å²) in [4.78, 5) is 0. The summed E-state index contributed by atoms with van der Waals surface area (Å²) in [5, 5.41) is 0. The second-order valence-electron chi connectivity index (χ2n) is 15.3. The summed E-state index contributed by atoms with van der Waals surface area (Å²) >= 11 is 0. The van der Waals surface area contributed by atoms with Crippen molar-refractivity contribution in [1.29, 1.82) is 0 Å². The van der Waals surface area contributed by atoms with E-state index in [2.05, 4.69) is 0 Å². The van der Waals surface area contributed by atoms with Crippen molar-refractivity contribution in [3.63, 3.8) is 0 Å². The maximum Gasteiger partial charge on any atom is 0.126 e. The van der Waals surface area contributed by atoms with Crippen molar-refractivity contribution in [2.24, 2.45) is 0 Å². The molecule has 12 bridgehead atoms. The van der Waals surface area contributed by atoms with Crippen LogP contribution in [0.2, 0.25) is 0 Å². The van der Waals surface area contributed by atoms with E-state index in [1.54, 1.807) is 42.7 Å². The standard InChI is InChI=1S/C48H54N6O6/c1-55-43-25-7-27-15-38(50)17-29(44(27)56-2)9-31-19-40(52)21-33(46(31)58-4)11-35-23-42(54)24-36(48(35)60-6)12-34-22-41(53)20-32(47(34)59-5)10-30-18-39(51)16-28(45(30)57-3)8-26(43)14-37(49)13-25/h13-24H,7-12,49-54H2,1-6H3. The minimum atomic E-state index is 0.413. The van der Waals surface area contributed by atoms with E-state index >= 15 is 0 Å². The molecule has 12 N–H and O–H groups in total. The van der Waals surface area contributed by atoms with Gasteiger partial charge in [0.15, 0.2) is 0 Å². The molecule has 0 atom stereocenters. The van der Waals surface area contributed by atoms with Gasteiger partial charge in [-0.25, -0.2) is 0 Å². The minimum Gasteiger partial charge on any atom is -0.496 e. The molecule has 0 unspecified atom stereocenters. The van der Waals surface area contributed by atoms with E-state index in [1.807, 2.05) is 72.8 Å². The van der Waals surface area contributed by atoms with Crippen molar-refractivity contribution >= 4 is 34.1 Å². The van der Waals surface area contributed by atoms with Crippen molar-refractivity contribution < 1.29 is 28.4 Å². The first-order chi connectivity index (χ1) is 28.9. The predicted octanol–water partition coefficient (Wildman–Crippen LogP) is 7.09. The van der Waals surface area contributed by atoms with Crippen LogP contribution in [0.5, 0.6) is 34.5 Å². The zero-order valence-electron chi connectivity index (χ0n) is 35.1. The third-order valence-corrected chi connectivity index (χ3v) is 11.1. The van der Waals surface area contributed by atoms with Crippen LogP contribution in [0.25, 0.3) is 0 Å². The van der Waals surface area contributed by atoms with Crippen LogP contribution in [-0.2, 0) is 38.5 Å². The molecule has 312 valence electrons. The lowest BCUT2D eigenvalue weighted by atomic mass is 9.90. The zero-order valence-corrected chi connectivity index (χ0v) is 35.1. The van der Waals surface area contributed by atoms with Crippen molar-refractivity contribution in [1.82, 2.24) is 0 Å². The molecule has 0 radical (unpaired) electrons. The van der Waals surface area contributed by atoms with Crippen LogP contribution < -0.4 is 62.8 Å². The highest BCUT2D eigenvalue weighted by Gasteiger charge is 2.24. The fourth-order valence-corrected chi connectivity index (χ4v) is 9.07. The number of anilines is 6. The van der Waals surface area contributed by atoms with Crippen molar-refractivity contribution in [2.45, 2.75) is 38.5 Å². The summed E-state index contributed by atoms with van der Waals surface area (Å²) in [6.07, 6.45) is 2.48. The van der Waals surface area contributed by atoms with Crippen LogP contribution in [0, 0.1) is 0 Å². The second-order valence-corrected chi connectivity index (χ2v) is 15.3. The number of hydrogen-bond acceptors (Lipinski definition) is 12. The molecule has 1 aliphatic carbocycles. The first-order valence-electron chi connectivity index (χ1n) is 19.6. The van der Waals surface area contributed by atoms with Gasteiger partial charge in [0.05, 0.1) is 42.7 Å². The summed E-state index contributed by atoms with van der Waals surface area (Å²) in [7, 11) is 9.94. The van der Waals surface area contributed by atoms with Crippen LogP contribution in [0.15, 0.2) is 72.8 Å².